The van der Waals surface area contributed by atoms with E-state index in [9.17, 15) is 0 Å². The number of halogens is 1. The van der Waals surface area contributed by atoms with Gasteiger partial charge in [-0.3, -0.25) is 0 Å². The fourth-order valence-electron chi connectivity index (χ4n) is 2.16. The van der Waals surface area contributed by atoms with Gasteiger partial charge in [-0.1, -0.05) is 15.9 Å². The quantitative estimate of drug-likeness (QED) is 0.929. The molecule has 2 aromatic rings. The van der Waals surface area contributed by atoms with E-state index >= 15 is 0 Å². The van der Waals surface area contributed by atoms with Crippen molar-refractivity contribution in [3.63, 3.8) is 0 Å². The smallest absolute Gasteiger partial charge is 0.221 e. The van der Waals surface area contributed by atoms with Gasteiger partial charge in [-0.2, -0.15) is 5.10 Å². The maximum absolute atomic E-state index is 6.02. The van der Waals surface area contributed by atoms with Gasteiger partial charge in [-0.15, -0.1) is 0 Å². The minimum atomic E-state index is 0.0758. The molecule has 1 atom stereocenters. The van der Waals surface area contributed by atoms with Crippen LogP contribution in [0.25, 0.3) is 0 Å². The molecule has 20 heavy (non-hydrogen) atoms. The lowest BCUT2D eigenvalue weighted by Gasteiger charge is -2.11. The highest BCUT2D eigenvalue weighted by Gasteiger charge is 2.17. The summed E-state index contributed by atoms with van der Waals surface area (Å²) in [6.07, 6.45) is 0.754. The minimum absolute atomic E-state index is 0.0758. The Labute approximate surface area is 128 Å². The zero-order chi connectivity index (χ0) is 14.9. The van der Waals surface area contributed by atoms with Crippen LogP contribution in [0.5, 0.6) is 11.6 Å². The molecule has 0 aliphatic carbocycles. The molecule has 0 radical (unpaired) electrons. The molecule has 2 rings (SSSR count). The van der Waals surface area contributed by atoms with Gasteiger partial charge in [0.1, 0.15) is 5.75 Å². The molecule has 108 valence electrons. The summed E-state index contributed by atoms with van der Waals surface area (Å²) in [5, 5.41) is 4.43. The van der Waals surface area contributed by atoms with Crippen molar-refractivity contribution in [2.75, 3.05) is 0 Å². The second-order valence-electron chi connectivity index (χ2n) is 5.19. The van der Waals surface area contributed by atoms with Crippen LogP contribution >= 0.6 is 15.9 Å². The number of rotatable bonds is 4. The molecule has 0 amide bonds. The lowest BCUT2D eigenvalue weighted by Crippen LogP contribution is -2.18. The molecule has 1 unspecified atom stereocenters. The highest BCUT2D eigenvalue weighted by molar-refractivity contribution is 9.10. The highest BCUT2D eigenvalue weighted by Crippen LogP contribution is 2.30. The Morgan fingerprint density at radius 3 is 2.70 bits per heavy atom. The van der Waals surface area contributed by atoms with Crippen molar-refractivity contribution in [1.82, 2.24) is 9.78 Å². The summed E-state index contributed by atoms with van der Waals surface area (Å²) in [7, 11) is 1.89. The largest absolute Gasteiger partial charge is 0.439 e. The normalized spacial score (nSPS) is 12.5. The number of nitrogens with two attached hydrogens (primary N) is 1. The van der Waals surface area contributed by atoms with Crippen LogP contribution in [0.2, 0.25) is 0 Å². The van der Waals surface area contributed by atoms with Crippen molar-refractivity contribution in [3.05, 3.63) is 39.5 Å². The lowest BCUT2D eigenvalue weighted by molar-refractivity contribution is 0.424. The zero-order valence-electron chi connectivity index (χ0n) is 12.3. The average Bonchev–Trinajstić information content (AvgIpc) is 2.60. The van der Waals surface area contributed by atoms with Crippen LogP contribution in [0.15, 0.2) is 22.7 Å². The molecule has 0 aliphatic rings. The van der Waals surface area contributed by atoms with Crippen LogP contribution in [0.4, 0.5) is 0 Å². The summed E-state index contributed by atoms with van der Waals surface area (Å²) >= 11 is 3.49. The molecule has 0 fully saturated rings. The highest BCUT2D eigenvalue weighted by atomic mass is 79.9. The summed E-state index contributed by atoms with van der Waals surface area (Å²) in [5.41, 5.74) is 9.08. The average molecular weight is 338 g/mol. The monoisotopic (exact) mass is 337 g/mol. The maximum Gasteiger partial charge on any atom is 0.221 e. The second-order valence-corrected chi connectivity index (χ2v) is 6.04. The maximum atomic E-state index is 6.02. The number of nitrogens with zero attached hydrogens (tertiary/aromatic N) is 2. The second kappa shape index (κ2) is 5.97. The van der Waals surface area contributed by atoms with Gasteiger partial charge in [0.05, 0.1) is 5.69 Å². The predicted octanol–water partition coefficient (Wildman–Crippen LogP) is 3.48. The van der Waals surface area contributed by atoms with E-state index in [0.717, 1.165) is 39.3 Å². The van der Waals surface area contributed by atoms with E-state index in [2.05, 4.69) is 21.0 Å². The number of hydrogen-bond donors (Lipinski definition) is 1. The molecule has 0 aliphatic heterocycles. The Morgan fingerprint density at radius 1 is 1.40 bits per heavy atom. The lowest BCUT2D eigenvalue weighted by atomic mass is 10.1. The van der Waals surface area contributed by atoms with Crippen LogP contribution in [-0.2, 0) is 13.5 Å². The van der Waals surface area contributed by atoms with E-state index in [1.54, 1.807) is 4.68 Å². The molecule has 0 bridgehead atoms. The molecule has 0 saturated carbocycles. The van der Waals surface area contributed by atoms with E-state index in [-0.39, 0.29) is 6.04 Å². The third kappa shape index (κ3) is 3.22. The fourth-order valence-corrected chi connectivity index (χ4v) is 2.40. The first-order chi connectivity index (χ1) is 9.38. The fraction of sp³-hybridized carbons (Fsp3) is 0.400. The summed E-state index contributed by atoms with van der Waals surface area (Å²) < 4.78 is 8.86. The van der Waals surface area contributed by atoms with Gasteiger partial charge < -0.3 is 10.5 Å². The summed E-state index contributed by atoms with van der Waals surface area (Å²) in [5.74, 6) is 1.57. The Morgan fingerprint density at radius 2 is 2.10 bits per heavy atom. The predicted molar refractivity (Wildman–Crippen MR) is 84.3 cm³/mol. The third-order valence-electron chi connectivity index (χ3n) is 3.16. The molecule has 4 nitrogen and oxygen atoms in total. The van der Waals surface area contributed by atoms with E-state index < -0.39 is 0 Å². The van der Waals surface area contributed by atoms with Gasteiger partial charge in [-0.05, 0) is 51.0 Å². The molecule has 0 saturated heterocycles. The van der Waals surface area contributed by atoms with E-state index in [0.29, 0.717) is 0 Å². The molecule has 5 heteroatoms. The summed E-state index contributed by atoms with van der Waals surface area (Å²) in [4.78, 5) is 0. The van der Waals surface area contributed by atoms with Crippen molar-refractivity contribution in [2.24, 2.45) is 12.8 Å². The van der Waals surface area contributed by atoms with Crippen LogP contribution in [0, 0.1) is 13.8 Å². The van der Waals surface area contributed by atoms with Gasteiger partial charge >= 0.3 is 0 Å². The van der Waals surface area contributed by atoms with Crippen LogP contribution < -0.4 is 10.5 Å². The number of aryl methyl sites for hydroxylation is 3. The van der Waals surface area contributed by atoms with Crippen molar-refractivity contribution in [2.45, 2.75) is 33.2 Å². The van der Waals surface area contributed by atoms with Gasteiger partial charge in [-0.25, -0.2) is 4.68 Å². The Hall–Kier alpha value is -1.33. The zero-order valence-corrected chi connectivity index (χ0v) is 13.9. The standard InChI is InChI=1S/C15H20BrN3O/c1-9-7-12(5-6-14(9)16)20-15-13(8-10(2)17)11(3)18-19(15)4/h5-7,10H,8,17H2,1-4H3. The van der Waals surface area contributed by atoms with Crippen molar-refractivity contribution in [1.29, 1.82) is 0 Å². The number of aromatic nitrogens is 2. The summed E-state index contributed by atoms with van der Waals surface area (Å²) in [6.45, 7) is 6.01. The van der Waals surface area contributed by atoms with Crippen molar-refractivity contribution >= 4 is 15.9 Å². The number of hydrogen-bond acceptors (Lipinski definition) is 3. The SMILES string of the molecule is Cc1cc(Oc2c(CC(C)N)c(C)nn2C)ccc1Br. The molecular formula is C15H20BrN3O. The van der Waals surface area contributed by atoms with Crippen LogP contribution in [-0.4, -0.2) is 15.8 Å². The summed E-state index contributed by atoms with van der Waals surface area (Å²) in [6, 6.07) is 6.00. The third-order valence-corrected chi connectivity index (χ3v) is 4.05. The van der Waals surface area contributed by atoms with Gasteiger partial charge in [0.2, 0.25) is 5.88 Å². The van der Waals surface area contributed by atoms with Crippen LogP contribution in [0.3, 0.4) is 0 Å². The molecule has 1 aromatic heterocycles. The Balaban J connectivity index is 2.34. The molecular weight excluding hydrogens is 318 g/mol. The first-order valence-electron chi connectivity index (χ1n) is 6.60. The number of ether oxygens (including phenoxy) is 1. The Bertz CT molecular complexity index is 620. The molecule has 0 spiro atoms. The van der Waals surface area contributed by atoms with Gasteiger partial charge in [0.15, 0.2) is 0 Å². The first kappa shape index (κ1) is 15.1. The van der Waals surface area contributed by atoms with Crippen LogP contribution in [0.1, 0.15) is 23.7 Å². The van der Waals surface area contributed by atoms with Crippen molar-refractivity contribution in [3.8, 4) is 11.6 Å². The molecule has 2 N–H and O–H groups in total. The topological polar surface area (TPSA) is 53.1 Å². The van der Waals surface area contributed by atoms with Crippen molar-refractivity contribution < 1.29 is 4.74 Å². The Kier molecular flexibility index (Phi) is 4.50. The van der Waals surface area contributed by atoms with E-state index in [1.165, 1.54) is 0 Å². The minimum Gasteiger partial charge on any atom is -0.439 e. The first-order valence-corrected chi connectivity index (χ1v) is 7.40. The number of benzene rings is 1. The van der Waals surface area contributed by atoms with Gasteiger partial charge in [0, 0.05) is 23.1 Å². The molecule has 1 heterocycles. The van der Waals surface area contributed by atoms with E-state index in [1.807, 2.05) is 46.0 Å². The van der Waals surface area contributed by atoms with E-state index in [4.69, 9.17) is 10.5 Å². The molecule has 1 aromatic carbocycles. The van der Waals surface area contributed by atoms with Gasteiger partial charge in [0.25, 0.3) is 0 Å².